The minimum absolute atomic E-state index is 0.0691. The van der Waals surface area contributed by atoms with E-state index in [2.05, 4.69) is 5.92 Å². The Morgan fingerprint density at radius 2 is 1.93 bits per heavy atom. The van der Waals surface area contributed by atoms with Gasteiger partial charge in [-0.15, -0.1) is 12.3 Å². The molecule has 6 heteroatoms. The van der Waals surface area contributed by atoms with Crippen LogP contribution in [0, 0.1) is 41.9 Å². The van der Waals surface area contributed by atoms with E-state index in [1.165, 1.54) is 25.7 Å². The summed E-state index contributed by atoms with van der Waals surface area (Å²) in [6, 6.07) is 0. The Balaban J connectivity index is 1.69. The maximum Gasteiger partial charge on any atom is 0.184 e. The van der Waals surface area contributed by atoms with Crippen LogP contribution < -0.4 is 0 Å². The first-order chi connectivity index (χ1) is 14.2. The van der Waals surface area contributed by atoms with Gasteiger partial charge in [0.25, 0.3) is 0 Å². The summed E-state index contributed by atoms with van der Waals surface area (Å²) >= 11 is 0. The number of fused-ring (bicyclic) bond motifs is 7. The van der Waals surface area contributed by atoms with Gasteiger partial charge >= 0.3 is 0 Å². The lowest BCUT2D eigenvalue weighted by atomic mass is 9.58. The number of carbonyl (C=O) groups is 1. The molecule has 0 aromatic rings. The van der Waals surface area contributed by atoms with Gasteiger partial charge in [-0.2, -0.15) is 0 Å². The highest BCUT2D eigenvalue weighted by Crippen LogP contribution is 2.62. The van der Waals surface area contributed by atoms with Gasteiger partial charge in [0, 0.05) is 33.0 Å². The van der Waals surface area contributed by atoms with Crippen molar-refractivity contribution in [2.75, 3.05) is 27.8 Å². The molecule has 2 heterocycles. The zero-order valence-electron chi connectivity index (χ0n) is 17.6. The van der Waals surface area contributed by atoms with Gasteiger partial charge < -0.3 is 23.7 Å². The van der Waals surface area contributed by atoms with E-state index in [4.69, 9.17) is 30.1 Å². The Bertz CT molecular complexity index is 629. The molecule has 0 radical (unpaired) electrons. The Hall–Kier alpha value is -0.970. The standard InChI is InChI=1S/C23H34O6/c1-4-5-10-17-19(24)12-21-22-16-9-7-6-8-15(16)20(27-13-25-2)11-18(22)23(17,29-21)28-14-26-3/h1,15-18,20-22H,5-14H2,2-3H3/t15-,16-,17-,18-,20-,21-,22+,23+/m0/s1. The molecule has 2 saturated heterocycles. The zero-order valence-corrected chi connectivity index (χ0v) is 17.6. The third kappa shape index (κ3) is 3.66. The van der Waals surface area contributed by atoms with Crippen molar-refractivity contribution in [3.8, 4) is 12.3 Å². The molecular weight excluding hydrogens is 372 g/mol. The van der Waals surface area contributed by atoms with Gasteiger partial charge in [0.1, 0.15) is 19.4 Å². The smallest absolute Gasteiger partial charge is 0.184 e. The Morgan fingerprint density at radius 3 is 2.66 bits per heavy atom. The van der Waals surface area contributed by atoms with E-state index in [1.807, 2.05) is 0 Å². The molecule has 2 aliphatic heterocycles. The molecule has 4 aliphatic rings. The monoisotopic (exact) mass is 406 g/mol. The molecule has 4 rings (SSSR count). The Kier molecular flexibility index (Phi) is 6.62. The van der Waals surface area contributed by atoms with Crippen LogP contribution in [0.4, 0.5) is 0 Å². The molecule has 0 aromatic heterocycles. The van der Waals surface area contributed by atoms with Crippen LogP contribution in [0.3, 0.4) is 0 Å². The second-order valence-corrected chi connectivity index (χ2v) is 9.04. The summed E-state index contributed by atoms with van der Waals surface area (Å²) in [7, 11) is 3.26. The topological polar surface area (TPSA) is 63.2 Å². The van der Waals surface area contributed by atoms with E-state index in [-0.39, 0.29) is 36.6 Å². The van der Waals surface area contributed by atoms with Crippen molar-refractivity contribution in [2.24, 2.45) is 29.6 Å². The summed E-state index contributed by atoms with van der Waals surface area (Å²) in [4.78, 5) is 13.2. The lowest BCUT2D eigenvalue weighted by molar-refractivity contribution is -0.309. The highest BCUT2D eigenvalue weighted by molar-refractivity contribution is 5.84. The highest BCUT2D eigenvalue weighted by Gasteiger charge is 2.68. The van der Waals surface area contributed by atoms with Gasteiger partial charge in [-0.25, -0.2) is 0 Å². The molecule has 2 aliphatic carbocycles. The minimum atomic E-state index is -0.950. The second kappa shape index (κ2) is 9.03. The maximum absolute atomic E-state index is 13.2. The van der Waals surface area contributed by atoms with Crippen molar-refractivity contribution in [2.45, 2.75) is 69.4 Å². The van der Waals surface area contributed by atoms with Crippen molar-refractivity contribution >= 4 is 5.78 Å². The fourth-order valence-corrected chi connectivity index (χ4v) is 6.79. The first-order valence-corrected chi connectivity index (χ1v) is 11.0. The summed E-state index contributed by atoms with van der Waals surface area (Å²) in [6.07, 6.45) is 12.8. The SMILES string of the molecule is C#CCC[C@H]1C(=O)C[C@@H]2O[C@@]1(OCOC)[C@H]1C[C@H](OCOC)[C@H]3CCCC[C@@H]3[C@@H]21. The average Bonchev–Trinajstić information content (AvgIpc) is 3.00. The van der Waals surface area contributed by atoms with Crippen LogP contribution >= 0.6 is 0 Å². The molecule has 0 amide bonds. The second-order valence-electron chi connectivity index (χ2n) is 9.04. The molecule has 4 fully saturated rings. The molecule has 29 heavy (non-hydrogen) atoms. The summed E-state index contributed by atoms with van der Waals surface area (Å²) in [5, 5.41) is 0. The minimum Gasteiger partial charge on any atom is -0.359 e. The summed E-state index contributed by atoms with van der Waals surface area (Å²) < 4.78 is 29.6. The van der Waals surface area contributed by atoms with E-state index in [0.717, 1.165) is 6.42 Å². The normalized spacial score (nSPS) is 43.5. The van der Waals surface area contributed by atoms with E-state index in [0.29, 0.717) is 43.8 Å². The number of hydrogen-bond donors (Lipinski definition) is 0. The van der Waals surface area contributed by atoms with Crippen molar-refractivity contribution < 1.29 is 28.5 Å². The van der Waals surface area contributed by atoms with E-state index in [9.17, 15) is 4.79 Å². The van der Waals surface area contributed by atoms with Crippen LogP contribution in [-0.2, 0) is 28.5 Å². The van der Waals surface area contributed by atoms with Crippen molar-refractivity contribution in [3.05, 3.63) is 0 Å². The Morgan fingerprint density at radius 1 is 1.17 bits per heavy atom. The van der Waals surface area contributed by atoms with E-state index in [1.54, 1.807) is 14.2 Å². The van der Waals surface area contributed by atoms with Crippen LogP contribution in [0.2, 0.25) is 0 Å². The van der Waals surface area contributed by atoms with Crippen LogP contribution in [0.15, 0.2) is 0 Å². The molecule has 0 N–H and O–H groups in total. The molecule has 8 atom stereocenters. The third-order valence-corrected chi connectivity index (χ3v) is 7.74. The van der Waals surface area contributed by atoms with Gasteiger partial charge in [0.15, 0.2) is 5.79 Å². The number of carbonyl (C=O) groups excluding carboxylic acids is 1. The Labute approximate surface area is 173 Å². The van der Waals surface area contributed by atoms with Crippen LogP contribution in [0.1, 0.15) is 51.4 Å². The molecule has 162 valence electrons. The number of ether oxygens (including phenoxy) is 5. The predicted molar refractivity (Wildman–Crippen MR) is 106 cm³/mol. The molecule has 2 bridgehead atoms. The van der Waals surface area contributed by atoms with Crippen LogP contribution in [0.25, 0.3) is 0 Å². The van der Waals surface area contributed by atoms with Crippen molar-refractivity contribution in [1.82, 2.24) is 0 Å². The molecular formula is C23H34O6. The van der Waals surface area contributed by atoms with Crippen LogP contribution in [-0.4, -0.2) is 51.6 Å². The summed E-state index contributed by atoms with van der Waals surface area (Å²) in [5.41, 5.74) is 0. The maximum atomic E-state index is 13.2. The van der Waals surface area contributed by atoms with Gasteiger partial charge in [0.05, 0.1) is 18.1 Å². The number of terminal acetylenes is 1. The number of rotatable bonds is 8. The molecule has 2 saturated carbocycles. The lowest BCUT2D eigenvalue weighted by Gasteiger charge is -2.50. The van der Waals surface area contributed by atoms with Crippen molar-refractivity contribution in [3.63, 3.8) is 0 Å². The first-order valence-electron chi connectivity index (χ1n) is 11.0. The quantitative estimate of drug-likeness (QED) is 0.456. The van der Waals surface area contributed by atoms with E-state index >= 15 is 0 Å². The largest absolute Gasteiger partial charge is 0.359 e. The number of Topliss-reactive ketones (excluding diaryl/α,β-unsaturated/α-hetero) is 1. The number of hydrogen-bond acceptors (Lipinski definition) is 6. The first kappa shape index (κ1) is 21.3. The fraction of sp³-hybridized carbons (Fsp3) is 0.870. The molecule has 0 unspecified atom stereocenters. The van der Waals surface area contributed by atoms with Gasteiger partial charge in [-0.05, 0) is 43.4 Å². The van der Waals surface area contributed by atoms with Crippen molar-refractivity contribution in [1.29, 1.82) is 0 Å². The number of methoxy groups -OCH3 is 2. The van der Waals surface area contributed by atoms with Crippen LogP contribution in [0.5, 0.6) is 0 Å². The van der Waals surface area contributed by atoms with Gasteiger partial charge in [-0.1, -0.05) is 12.8 Å². The highest BCUT2D eigenvalue weighted by atomic mass is 16.8. The lowest BCUT2D eigenvalue weighted by Crippen LogP contribution is -2.55. The summed E-state index contributed by atoms with van der Waals surface area (Å²) in [6.45, 7) is 0.397. The third-order valence-electron chi connectivity index (χ3n) is 7.74. The predicted octanol–water partition coefficient (Wildman–Crippen LogP) is 3.14. The van der Waals surface area contributed by atoms with Gasteiger partial charge in [-0.3, -0.25) is 4.79 Å². The zero-order chi connectivity index (χ0) is 20.4. The molecule has 0 spiro atoms. The fourth-order valence-electron chi connectivity index (χ4n) is 6.79. The molecule has 6 nitrogen and oxygen atoms in total. The van der Waals surface area contributed by atoms with Gasteiger partial charge in [0.2, 0.25) is 0 Å². The number of ketones is 1. The summed E-state index contributed by atoms with van der Waals surface area (Å²) in [5.74, 6) is 3.06. The molecule has 0 aromatic carbocycles. The van der Waals surface area contributed by atoms with E-state index < -0.39 is 5.79 Å². The average molecular weight is 407 g/mol.